The van der Waals surface area contributed by atoms with Gasteiger partial charge in [0.05, 0.1) is 10.4 Å². The van der Waals surface area contributed by atoms with E-state index in [-0.39, 0.29) is 5.91 Å². The molecule has 0 saturated heterocycles. The van der Waals surface area contributed by atoms with Crippen LogP contribution in [-0.2, 0) is 17.8 Å². The number of benzene rings is 1. The number of carbonyl (C=O) groups excluding carboxylic acids is 1. The smallest absolute Gasteiger partial charge is 0.235 e. The predicted molar refractivity (Wildman–Crippen MR) is 85.4 cm³/mol. The van der Waals surface area contributed by atoms with Gasteiger partial charge in [-0.2, -0.15) is 0 Å². The molecule has 0 aromatic heterocycles. The zero-order chi connectivity index (χ0) is 14.8. The van der Waals surface area contributed by atoms with Crippen LogP contribution in [0.5, 0.6) is 0 Å². The minimum absolute atomic E-state index is 0.0875. The van der Waals surface area contributed by atoms with Crippen molar-refractivity contribution in [1.82, 2.24) is 4.90 Å². The number of hydrogen-bond acceptors (Lipinski definition) is 2. The van der Waals surface area contributed by atoms with Crippen LogP contribution >= 0.6 is 12.2 Å². The average Bonchev–Trinajstić information content (AvgIpc) is 2.48. The Balaban J connectivity index is 2.25. The van der Waals surface area contributed by atoms with Crippen molar-refractivity contribution in [2.75, 3.05) is 6.54 Å². The summed E-state index contributed by atoms with van der Waals surface area (Å²) in [7, 11) is 0. The second-order valence-electron chi connectivity index (χ2n) is 5.40. The Morgan fingerprint density at radius 1 is 1.30 bits per heavy atom. The standard InChI is InChI=1S/C16H22N2OS/c1-3-16(4-2,14(17)20)15(19)18-10-9-12-7-5-6-8-13(12)11-18/h5-8H,3-4,9-11H2,1-2H3,(H2,17,20). The van der Waals surface area contributed by atoms with E-state index in [4.69, 9.17) is 18.0 Å². The number of thiocarbonyl (C=S) groups is 1. The third-order valence-electron chi connectivity index (χ3n) is 4.51. The lowest BCUT2D eigenvalue weighted by Crippen LogP contribution is -2.51. The van der Waals surface area contributed by atoms with Crippen LogP contribution in [0, 0.1) is 5.41 Å². The molecule has 0 bridgehead atoms. The fourth-order valence-electron chi connectivity index (χ4n) is 2.98. The third kappa shape index (κ3) is 2.44. The summed E-state index contributed by atoms with van der Waals surface area (Å²) in [4.78, 5) is 15.1. The second-order valence-corrected chi connectivity index (χ2v) is 5.84. The maximum absolute atomic E-state index is 12.9. The van der Waals surface area contributed by atoms with Gasteiger partial charge in [0.2, 0.25) is 5.91 Å². The highest BCUT2D eigenvalue weighted by Crippen LogP contribution is 2.32. The van der Waals surface area contributed by atoms with Gasteiger partial charge in [-0.15, -0.1) is 0 Å². The maximum atomic E-state index is 12.9. The molecular weight excluding hydrogens is 268 g/mol. The SMILES string of the molecule is CCC(CC)(C(=O)N1CCc2ccccc2C1)C(N)=S. The van der Waals surface area contributed by atoms with Gasteiger partial charge in [0, 0.05) is 13.1 Å². The Morgan fingerprint density at radius 2 is 1.90 bits per heavy atom. The van der Waals surface area contributed by atoms with Crippen LogP contribution < -0.4 is 5.73 Å². The number of hydrogen-bond donors (Lipinski definition) is 1. The zero-order valence-electron chi connectivity index (χ0n) is 12.2. The van der Waals surface area contributed by atoms with Crippen molar-refractivity contribution in [1.29, 1.82) is 0 Å². The topological polar surface area (TPSA) is 46.3 Å². The number of amides is 1. The van der Waals surface area contributed by atoms with Crippen molar-refractivity contribution < 1.29 is 4.79 Å². The van der Waals surface area contributed by atoms with Crippen LogP contribution in [0.15, 0.2) is 24.3 Å². The molecule has 1 heterocycles. The van der Waals surface area contributed by atoms with Gasteiger partial charge >= 0.3 is 0 Å². The van der Waals surface area contributed by atoms with Gasteiger partial charge in [0.15, 0.2) is 0 Å². The lowest BCUT2D eigenvalue weighted by atomic mass is 9.80. The Kier molecular flexibility index (Phi) is 4.43. The molecule has 3 nitrogen and oxygen atoms in total. The highest BCUT2D eigenvalue weighted by Gasteiger charge is 2.41. The molecule has 108 valence electrons. The first-order chi connectivity index (χ1) is 9.55. The van der Waals surface area contributed by atoms with E-state index >= 15 is 0 Å². The van der Waals surface area contributed by atoms with Crippen LogP contribution in [-0.4, -0.2) is 22.3 Å². The molecule has 1 aromatic carbocycles. The molecular formula is C16H22N2OS. The van der Waals surface area contributed by atoms with Crippen molar-refractivity contribution >= 4 is 23.1 Å². The predicted octanol–water partition coefficient (Wildman–Crippen LogP) is 2.66. The molecule has 2 rings (SSSR count). The first-order valence-electron chi connectivity index (χ1n) is 7.21. The van der Waals surface area contributed by atoms with Crippen molar-refractivity contribution in [3.8, 4) is 0 Å². The molecule has 0 aliphatic carbocycles. The number of carbonyl (C=O) groups is 1. The van der Waals surface area contributed by atoms with Gasteiger partial charge in [-0.05, 0) is 30.4 Å². The second kappa shape index (κ2) is 5.92. The molecule has 0 fully saturated rings. The fourth-order valence-corrected chi connectivity index (χ4v) is 3.35. The molecule has 20 heavy (non-hydrogen) atoms. The van der Waals surface area contributed by atoms with Crippen LogP contribution in [0.4, 0.5) is 0 Å². The molecule has 0 atom stereocenters. The highest BCUT2D eigenvalue weighted by molar-refractivity contribution is 7.80. The molecule has 0 radical (unpaired) electrons. The number of nitrogens with two attached hydrogens (primary N) is 1. The minimum atomic E-state index is -0.679. The van der Waals surface area contributed by atoms with Gasteiger partial charge in [-0.25, -0.2) is 0 Å². The van der Waals surface area contributed by atoms with Gasteiger partial charge < -0.3 is 10.6 Å². The molecule has 4 heteroatoms. The van der Waals surface area contributed by atoms with E-state index in [9.17, 15) is 4.79 Å². The highest BCUT2D eigenvalue weighted by atomic mass is 32.1. The van der Waals surface area contributed by atoms with Crippen LogP contribution in [0.1, 0.15) is 37.8 Å². The largest absolute Gasteiger partial charge is 0.392 e. The Morgan fingerprint density at radius 3 is 2.45 bits per heavy atom. The molecule has 2 N–H and O–H groups in total. The lowest BCUT2D eigenvalue weighted by molar-refractivity contribution is -0.139. The first kappa shape index (κ1) is 15.0. The molecule has 1 aromatic rings. The molecule has 1 aliphatic heterocycles. The fraction of sp³-hybridized carbons (Fsp3) is 0.500. The zero-order valence-corrected chi connectivity index (χ0v) is 13.0. The van der Waals surface area contributed by atoms with E-state index in [0.29, 0.717) is 24.4 Å². The monoisotopic (exact) mass is 290 g/mol. The molecule has 1 aliphatic rings. The summed E-state index contributed by atoms with van der Waals surface area (Å²) in [5, 5.41) is 0. The van der Waals surface area contributed by atoms with E-state index in [1.807, 2.05) is 30.9 Å². The van der Waals surface area contributed by atoms with E-state index in [1.165, 1.54) is 11.1 Å². The summed E-state index contributed by atoms with van der Waals surface area (Å²) in [6.45, 7) is 5.39. The van der Waals surface area contributed by atoms with E-state index in [1.54, 1.807) is 0 Å². The van der Waals surface area contributed by atoms with Crippen molar-refractivity contribution in [2.45, 2.75) is 39.7 Å². The number of nitrogens with zero attached hydrogens (tertiary/aromatic N) is 1. The number of rotatable bonds is 4. The Bertz CT molecular complexity index is 523. The summed E-state index contributed by atoms with van der Waals surface area (Å²) in [6.07, 6.45) is 2.23. The van der Waals surface area contributed by atoms with Gasteiger partial charge in [0.25, 0.3) is 0 Å². The van der Waals surface area contributed by atoms with Gasteiger partial charge in [-0.1, -0.05) is 50.3 Å². The van der Waals surface area contributed by atoms with E-state index < -0.39 is 5.41 Å². The van der Waals surface area contributed by atoms with Crippen molar-refractivity contribution in [3.05, 3.63) is 35.4 Å². The lowest BCUT2D eigenvalue weighted by Gasteiger charge is -2.37. The molecule has 0 spiro atoms. The quantitative estimate of drug-likeness (QED) is 0.867. The van der Waals surface area contributed by atoms with E-state index in [2.05, 4.69) is 12.1 Å². The Hall–Kier alpha value is -1.42. The van der Waals surface area contributed by atoms with Crippen LogP contribution in [0.2, 0.25) is 0 Å². The summed E-state index contributed by atoms with van der Waals surface area (Å²) >= 11 is 5.18. The normalized spacial score (nSPS) is 14.8. The maximum Gasteiger partial charge on any atom is 0.235 e. The summed E-state index contributed by atoms with van der Waals surface area (Å²) in [5.74, 6) is 0.0875. The summed E-state index contributed by atoms with van der Waals surface area (Å²) in [5.41, 5.74) is 7.77. The van der Waals surface area contributed by atoms with Gasteiger partial charge in [0.1, 0.15) is 0 Å². The minimum Gasteiger partial charge on any atom is -0.392 e. The van der Waals surface area contributed by atoms with Crippen molar-refractivity contribution in [2.24, 2.45) is 11.1 Å². The summed E-state index contributed by atoms with van der Waals surface area (Å²) < 4.78 is 0. The van der Waals surface area contributed by atoms with Crippen LogP contribution in [0.3, 0.4) is 0 Å². The average molecular weight is 290 g/mol. The third-order valence-corrected chi connectivity index (χ3v) is 4.90. The van der Waals surface area contributed by atoms with Crippen LogP contribution in [0.25, 0.3) is 0 Å². The van der Waals surface area contributed by atoms with E-state index in [0.717, 1.165) is 13.0 Å². The number of fused-ring (bicyclic) bond motifs is 1. The molecule has 0 saturated carbocycles. The summed E-state index contributed by atoms with van der Waals surface area (Å²) in [6, 6.07) is 8.30. The first-order valence-corrected chi connectivity index (χ1v) is 7.62. The van der Waals surface area contributed by atoms with Gasteiger partial charge in [-0.3, -0.25) is 4.79 Å². The Labute approximate surface area is 126 Å². The van der Waals surface area contributed by atoms with Crippen molar-refractivity contribution in [3.63, 3.8) is 0 Å². The molecule has 0 unspecified atom stereocenters. The molecule has 1 amide bonds.